The fraction of sp³-hybridized carbons (Fsp3) is 0.250. The van der Waals surface area contributed by atoms with Crippen LogP contribution in [-0.4, -0.2) is 27.7 Å². The maximum absolute atomic E-state index is 13.2. The molecule has 1 atom stereocenters. The molecule has 0 spiro atoms. The van der Waals surface area contributed by atoms with E-state index in [0.717, 1.165) is 6.07 Å². The minimum absolute atomic E-state index is 0.0121. The van der Waals surface area contributed by atoms with Crippen LogP contribution in [0.2, 0.25) is 0 Å². The second-order valence-electron chi connectivity index (χ2n) is 5.39. The number of halogens is 3. The van der Waals surface area contributed by atoms with Gasteiger partial charge in [0.15, 0.2) is 0 Å². The van der Waals surface area contributed by atoms with Gasteiger partial charge in [0.2, 0.25) is 0 Å². The van der Waals surface area contributed by atoms with E-state index in [0.29, 0.717) is 12.7 Å². The number of anilines is 1. The Kier molecular flexibility index (Phi) is 4.61. The van der Waals surface area contributed by atoms with Crippen LogP contribution in [0, 0.1) is 0 Å². The average Bonchev–Trinajstić information content (AvgIpc) is 3.37. The minimum Gasteiger partial charge on any atom is -0.490 e. The quantitative estimate of drug-likeness (QED) is 0.789. The molecule has 0 radical (unpaired) electrons. The van der Waals surface area contributed by atoms with Crippen molar-refractivity contribution >= 4 is 15.7 Å². The van der Waals surface area contributed by atoms with Gasteiger partial charge in [0.05, 0.1) is 17.1 Å². The van der Waals surface area contributed by atoms with Crippen molar-refractivity contribution in [3.05, 3.63) is 54.1 Å². The molecule has 1 N–H and O–H groups in total. The van der Waals surface area contributed by atoms with Gasteiger partial charge in [0.1, 0.15) is 18.5 Å². The Labute approximate surface area is 142 Å². The molecule has 134 valence electrons. The molecule has 1 unspecified atom stereocenters. The van der Waals surface area contributed by atoms with Gasteiger partial charge in [-0.05, 0) is 30.3 Å². The standard InChI is InChI=1S/C16H14F3NO4S/c17-16(18,19)14-8-11(6-7-15(14)24-10-12-9-23-12)20-25(21,22)13-4-2-1-3-5-13/h1-8,12,20H,9-10H2. The van der Waals surface area contributed by atoms with E-state index in [1.54, 1.807) is 6.07 Å². The number of epoxide rings is 1. The Balaban J connectivity index is 1.86. The van der Waals surface area contributed by atoms with Gasteiger partial charge in [-0.3, -0.25) is 4.72 Å². The van der Waals surface area contributed by atoms with Crippen LogP contribution < -0.4 is 9.46 Å². The highest BCUT2D eigenvalue weighted by atomic mass is 32.2. The average molecular weight is 373 g/mol. The predicted octanol–water partition coefficient (Wildman–Crippen LogP) is 3.28. The van der Waals surface area contributed by atoms with Crippen molar-refractivity contribution in [1.82, 2.24) is 0 Å². The molecule has 25 heavy (non-hydrogen) atoms. The zero-order valence-corrected chi connectivity index (χ0v) is 13.6. The summed E-state index contributed by atoms with van der Waals surface area (Å²) in [5, 5.41) is 0. The number of hydrogen-bond donors (Lipinski definition) is 1. The largest absolute Gasteiger partial charge is 0.490 e. The number of ether oxygens (including phenoxy) is 2. The van der Waals surface area contributed by atoms with Gasteiger partial charge in [-0.15, -0.1) is 0 Å². The number of alkyl halides is 3. The van der Waals surface area contributed by atoms with Gasteiger partial charge in [-0.2, -0.15) is 13.2 Å². The van der Waals surface area contributed by atoms with Crippen molar-refractivity contribution in [2.24, 2.45) is 0 Å². The molecule has 1 saturated heterocycles. The highest BCUT2D eigenvalue weighted by molar-refractivity contribution is 7.92. The number of benzene rings is 2. The molecule has 1 heterocycles. The molecule has 2 aromatic carbocycles. The van der Waals surface area contributed by atoms with E-state index in [4.69, 9.17) is 9.47 Å². The molecule has 3 rings (SSSR count). The number of nitrogens with one attached hydrogen (secondary N) is 1. The lowest BCUT2D eigenvalue weighted by Crippen LogP contribution is -2.15. The fourth-order valence-corrected chi connectivity index (χ4v) is 3.17. The summed E-state index contributed by atoms with van der Waals surface area (Å²) in [6.07, 6.45) is -4.88. The van der Waals surface area contributed by atoms with E-state index >= 15 is 0 Å². The Morgan fingerprint density at radius 3 is 2.44 bits per heavy atom. The first-order chi connectivity index (χ1) is 11.8. The third kappa shape index (κ3) is 4.43. The molecule has 9 heteroatoms. The molecule has 2 aromatic rings. The monoisotopic (exact) mass is 373 g/mol. The summed E-state index contributed by atoms with van der Waals surface area (Å²) in [4.78, 5) is -0.0465. The molecule has 1 aliphatic heterocycles. The van der Waals surface area contributed by atoms with Crippen LogP contribution in [0.5, 0.6) is 5.75 Å². The SMILES string of the molecule is O=S(=O)(Nc1ccc(OCC2CO2)c(C(F)(F)F)c1)c1ccccc1. The van der Waals surface area contributed by atoms with Gasteiger partial charge in [-0.25, -0.2) is 8.42 Å². The molecule has 1 aliphatic rings. The first-order valence-corrected chi connectivity index (χ1v) is 8.77. The molecule has 0 bridgehead atoms. The minimum atomic E-state index is -4.69. The number of hydrogen-bond acceptors (Lipinski definition) is 4. The molecule has 0 aromatic heterocycles. The van der Waals surface area contributed by atoms with Crippen molar-refractivity contribution < 1.29 is 31.1 Å². The van der Waals surface area contributed by atoms with Gasteiger partial charge in [-0.1, -0.05) is 18.2 Å². The molecule has 0 saturated carbocycles. The normalized spacial score (nSPS) is 17.2. The maximum atomic E-state index is 13.2. The lowest BCUT2D eigenvalue weighted by molar-refractivity contribution is -0.138. The van der Waals surface area contributed by atoms with E-state index < -0.39 is 21.8 Å². The fourth-order valence-electron chi connectivity index (χ4n) is 2.10. The first-order valence-electron chi connectivity index (χ1n) is 7.29. The maximum Gasteiger partial charge on any atom is 0.420 e. The zero-order chi connectivity index (χ0) is 18.1. The first kappa shape index (κ1) is 17.6. The lowest BCUT2D eigenvalue weighted by atomic mass is 10.1. The summed E-state index contributed by atoms with van der Waals surface area (Å²) >= 11 is 0. The predicted molar refractivity (Wildman–Crippen MR) is 83.9 cm³/mol. The summed E-state index contributed by atoms with van der Waals surface area (Å²) in [5.41, 5.74) is -1.26. The Bertz CT molecular complexity index is 849. The summed E-state index contributed by atoms with van der Waals surface area (Å²) in [6, 6.07) is 10.4. The van der Waals surface area contributed by atoms with Crippen LogP contribution in [0.25, 0.3) is 0 Å². The van der Waals surface area contributed by atoms with E-state index in [-0.39, 0.29) is 29.0 Å². The van der Waals surface area contributed by atoms with Crippen molar-refractivity contribution in [3.8, 4) is 5.75 Å². The van der Waals surface area contributed by atoms with Gasteiger partial charge in [0, 0.05) is 5.69 Å². The van der Waals surface area contributed by atoms with Crippen LogP contribution in [-0.2, 0) is 20.9 Å². The summed E-state index contributed by atoms with van der Waals surface area (Å²) in [6.45, 7) is 0.467. The van der Waals surface area contributed by atoms with Crippen LogP contribution in [0.4, 0.5) is 18.9 Å². The summed E-state index contributed by atoms with van der Waals surface area (Å²) < 4.78 is 76.3. The second kappa shape index (κ2) is 6.57. The van der Waals surface area contributed by atoms with Gasteiger partial charge < -0.3 is 9.47 Å². The van der Waals surface area contributed by atoms with Crippen molar-refractivity contribution in [2.45, 2.75) is 17.2 Å². The Morgan fingerprint density at radius 2 is 1.84 bits per heavy atom. The lowest BCUT2D eigenvalue weighted by Gasteiger charge is -2.16. The van der Waals surface area contributed by atoms with Crippen LogP contribution >= 0.6 is 0 Å². The summed E-state index contributed by atoms with van der Waals surface area (Å²) in [7, 11) is -3.98. The molecule has 0 aliphatic carbocycles. The Morgan fingerprint density at radius 1 is 1.16 bits per heavy atom. The van der Waals surface area contributed by atoms with Crippen molar-refractivity contribution in [1.29, 1.82) is 0 Å². The zero-order valence-electron chi connectivity index (χ0n) is 12.8. The Hall–Kier alpha value is -2.26. The number of sulfonamides is 1. The third-order valence-electron chi connectivity index (χ3n) is 3.42. The van der Waals surface area contributed by atoms with Crippen molar-refractivity contribution in [2.75, 3.05) is 17.9 Å². The molecule has 0 amide bonds. The van der Waals surface area contributed by atoms with E-state index in [1.165, 1.54) is 30.3 Å². The topological polar surface area (TPSA) is 67.9 Å². The van der Waals surface area contributed by atoms with E-state index in [9.17, 15) is 21.6 Å². The van der Waals surface area contributed by atoms with Crippen LogP contribution in [0.3, 0.4) is 0 Å². The molecular formula is C16H14F3NO4S. The smallest absolute Gasteiger partial charge is 0.420 e. The molecular weight excluding hydrogens is 359 g/mol. The summed E-state index contributed by atoms with van der Waals surface area (Å²) in [5.74, 6) is -0.370. The highest BCUT2D eigenvalue weighted by Gasteiger charge is 2.36. The number of rotatable bonds is 6. The van der Waals surface area contributed by atoms with E-state index in [1.807, 2.05) is 0 Å². The highest BCUT2D eigenvalue weighted by Crippen LogP contribution is 2.38. The van der Waals surface area contributed by atoms with E-state index in [2.05, 4.69) is 4.72 Å². The van der Waals surface area contributed by atoms with Gasteiger partial charge in [0.25, 0.3) is 10.0 Å². The third-order valence-corrected chi connectivity index (χ3v) is 4.81. The second-order valence-corrected chi connectivity index (χ2v) is 7.08. The van der Waals surface area contributed by atoms with Gasteiger partial charge >= 0.3 is 6.18 Å². The van der Waals surface area contributed by atoms with Crippen LogP contribution in [0.1, 0.15) is 5.56 Å². The molecule has 5 nitrogen and oxygen atoms in total. The molecule has 1 fully saturated rings. The van der Waals surface area contributed by atoms with Crippen molar-refractivity contribution in [3.63, 3.8) is 0 Å². The van der Waals surface area contributed by atoms with Crippen LogP contribution in [0.15, 0.2) is 53.4 Å².